The Kier molecular flexibility index (Phi) is 5.72. The normalized spacial score (nSPS) is 17.0. The van der Waals surface area contributed by atoms with E-state index in [-0.39, 0.29) is 17.6 Å². The van der Waals surface area contributed by atoms with E-state index in [1.807, 2.05) is 6.92 Å². The van der Waals surface area contributed by atoms with E-state index in [1.54, 1.807) is 7.11 Å². The first-order valence-corrected chi connectivity index (χ1v) is 4.67. The quantitative estimate of drug-likeness (QED) is 0.297. The van der Waals surface area contributed by atoms with Crippen molar-refractivity contribution >= 4 is 6.40 Å². The Balaban J connectivity index is 4.41. The third-order valence-electron chi connectivity index (χ3n) is 2.06. The first-order chi connectivity index (χ1) is 6.43. The molecule has 0 spiro atoms. The zero-order valence-electron chi connectivity index (χ0n) is 9.90. The maximum Gasteiger partial charge on any atom is 0.215 e. The van der Waals surface area contributed by atoms with Crippen molar-refractivity contribution in [3.05, 3.63) is 0 Å². The van der Waals surface area contributed by atoms with Gasteiger partial charge in [-0.15, -0.1) is 0 Å². The number of hydrogen-bond acceptors (Lipinski definition) is 4. The number of rotatable bonds is 5. The molecule has 0 radical (unpaired) electrons. The van der Waals surface area contributed by atoms with Crippen LogP contribution in [0.3, 0.4) is 0 Å². The second-order valence-corrected chi connectivity index (χ2v) is 4.27. The predicted molar refractivity (Wildman–Crippen MR) is 56.3 cm³/mol. The van der Waals surface area contributed by atoms with E-state index >= 15 is 0 Å². The average Bonchev–Trinajstić information content (AvgIpc) is 2.09. The molecule has 0 heterocycles. The molecule has 0 aliphatic rings. The molecule has 0 aliphatic heterocycles. The summed E-state index contributed by atoms with van der Waals surface area (Å²) in [6.07, 6.45) is 1.36. The van der Waals surface area contributed by atoms with Crippen molar-refractivity contribution in [3.63, 3.8) is 0 Å². The zero-order chi connectivity index (χ0) is 11.2. The van der Waals surface area contributed by atoms with Crippen LogP contribution < -0.4 is 0 Å². The summed E-state index contributed by atoms with van der Waals surface area (Å²) in [7, 11) is 3.12. The van der Waals surface area contributed by atoms with Gasteiger partial charge in [0.05, 0.1) is 19.3 Å². The van der Waals surface area contributed by atoms with Crippen molar-refractivity contribution in [2.75, 3.05) is 14.2 Å². The molecule has 0 rings (SSSR count). The molecule has 4 heteroatoms. The van der Waals surface area contributed by atoms with Crippen molar-refractivity contribution in [2.45, 2.75) is 39.8 Å². The molecule has 2 atom stereocenters. The minimum atomic E-state index is 0.0308. The Bertz CT molecular complexity index is 175. The maximum absolute atomic E-state index is 5.26. The van der Waals surface area contributed by atoms with Gasteiger partial charge < -0.3 is 9.62 Å². The number of methoxy groups -OCH3 is 1. The van der Waals surface area contributed by atoms with Gasteiger partial charge in [0.2, 0.25) is 6.40 Å². The molecule has 1 unspecified atom stereocenters. The molecule has 0 aromatic rings. The van der Waals surface area contributed by atoms with Crippen LogP contribution in [0.5, 0.6) is 0 Å². The van der Waals surface area contributed by atoms with Crippen molar-refractivity contribution < 1.29 is 14.5 Å². The Morgan fingerprint density at radius 2 is 1.79 bits per heavy atom. The molecule has 0 saturated carbocycles. The molecule has 0 amide bonds. The Morgan fingerprint density at radius 3 is 2.14 bits per heavy atom. The second kappa shape index (κ2) is 5.98. The number of ether oxygens (including phenoxy) is 1. The van der Waals surface area contributed by atoms with Gasteiger partial charge in [0, 0.05) is 7.11 Å². The van der Waals surface area contributed by atoms with Crippen LogP contribution in [0.15, 0.2) is 4.99 Å². The topological polar surface area (TPSA) is 40.0 Å². The SMILES string of the molecule is COOC=N[C@@H](C(C)OC)C(C)(C)C. The molecule has 0 N–H and O–H groups in total. The molecule has 14 heavy (non-hydrogen) atoms. The fraction of sp³-hybridized carbons (Fsp3) is 0.900. The van der Waals surface area contributed by atoms with Gasteiger partial charge in [0.1, 0.15) is 0 Å². The maximum atomic E-state index is 5.26. The molecule has 0 aromatic carbocycles. The lowest BCUT2D eigenvalue weighted by Gasteiger charge is -2.30. The highest BCUT2D eigenvalue weighted by atomic mass is 17.2. The first-order valence-electron chi connectivity index (χ1n) is 4.67. The van der Waals surface area contributed by atoms with Gasteiger partial charge in [0.15, 0.2) is 0 Å². The summed E-state index contributed by atoms with van der Waals surface area (Å²) in [5.41, 5.74) is 0.0308. The van der Waals surface area contributed by atoms with E-state index in [0.717, 1.165) is 0 Å². The van der Waals surface area contributed by atoms with Gasteiger partial charge in [-0.1, -0.05) is 20.8 Å². The van der Waals surface area contributed by atoms with Crippen LogP contribution in [0, 0.1) is 5.41 Å². The van der Waals surface area contributed by atoms with Crippen LogP contribution in [-0.2, 0) is 14.5 Å². The summed E-state index contributed by atoms with van der Waals surface area (Å²) in [4.78, 5) is 13.3. The van der Waals surface area contributed by atoms with Gasteiger partial charge in [-0.05, 0) is 12.3 Å². The summed E-state index contributed by atoms with van der Waals surface area (Å²) in [6.45, 7) is 8.31. The molecule has 0 aromatic heterocycles. The summed E-state index contributed by atoms with van der Waals surface area (Å²) in [5.74, 6) is 0. The molecule has 0 fully saturated rings. The highest BCUT2D eigenvalue weighted by Crippen LogP contribution is 2.25. The fourth-order valence-electron chi connectivity index (χ4n) is 1.31. The molecule has 0 saturated heterocycles. The van der Waals surface area contributed by atoms with Crippen LogP contribution in [0.1, 0.15) is 27.7 Å². The second-order valence-electron chi connectivity index (χ2n) is 4.27. The molecular weight excluding hydrogens is 182 g/mol. The summed E-state index contributed by atoms with van der Waals surface area (Å²) in [5, 5.41) is 0. The minimum Gasteiger partial charge on any atom is -0.379 e. The van der Waals surface area contributed by atoms with Gasteiger partial charge >= 0.3 is 0 Å². The molecule has 0 aliphatic carbocycles. The number of hydrogen-bond donors (Lipinski definition) is 0. The Morgan fingerprint density at radius 1 is 1.21 bits per heavy atom. The smallest absolute Gasteiger partial charge is 0.215 e. The monoisotopic (exact) mass is 203 g/mol. The highest BCUT2D eigenvalue weighted by molar-refractivity contribution is 5.46. The van der Waals surface area contributed by atoms with E-state index in [0.29, 0.717) is 0 Å². The largest absolute Gasteiger partial charge is 0.379 e. The third kappa shape index (κ3) is 4.58. The van der Waals surface area contributed by atoms with Crippen molar-refractivity contribution in [1.82, 2.24) is 0 Å². The molecule has 84 valence electrons. The van der Waals surface area contributed by atoms with Crippen LogP contribution in [0.25, 0.3) is 0 Å². The summed E-state index contributed by atoms with van der Waals surface area (Å²) >= 11 is 0. The lowest BCUT2D eigenvalue weighted by atomic mass is 9.84. The highest BCUT2D eigenvalue weighted by Gasteiger charge is 2.29. The third-order valence-corrected chi connectivity index (χ3v) is 2.06. The lowest BCUT2D eigenvalue weighted by Crippen LogP contribution is -2.35. The van der Waals surface area contributed by atoms with E-state index in [1.165, 1.54) is 13.5 Å². The van der Waals surface area contributed by atoms with E-state index in [2.05, 4.69) is 35.5 Å². The predicted octanol–water partition coefficient (Wildman–Crippen LogP) is 2.04. The minimum absolute atomic E-state index is 0.0308. The van der Waals surface area contributed by atoms with Gasteiger partial charge in [-0.25, -0.2) is 4.99 Å². The van der Waals surface area contributed by atoms with Crippen LogP contribution in [-0.4, -0.2) is 32.8 Å². The lowest BCUT2D eigenvalue weighted by molar-refractivity contribution is -0.188. The van der Waals surface area contributed by atoms with E-state index in [9.17, 15) is 0 Å². The fourth-order valence-corrected chi connectivity index (χ4v) is 1.31. The zero-order valence-corrected chi connectivity index (χ0v) is 9.90. The van der Waals surface area contributed by atoms with Crippen molar-refractivity contribution in [3.8, 4) is 0 Å². The van der Waals surface area contributed by atoms with Gasteiger partial charge in [-0.2, -0.15) is 4.89 Å². The van der Waals surface area contributed by atoms with Crippen LogP contribution >= 0.6 is 0 Å². The average molecular weight is 203 g/mol. The van der Waals surface area contributed by atoms with Gasteiger partial charge in [0.25, 0.3) is 0 Å². The van der Waals surface area contributed by atoms with E-state index in [4.69, 9.17) is 4.74 Å². The number of aliphatic imine (C=N–C) groups is 1. The number of nitrogens with zero attached hydrogens (tertiary/aromatic N) is 1. The Hall–Kier alpha value is -0.610. The summed E-state index contributed by atoms with van der Waals surface area (Å²) < 4.78 is 5.26. The Labute approximate surface area is 86.2 Å². The summed E-state index contributed by atoms with van der Waals surface area (Å²) in [6, 6.07) is 0.0441. The van der Waals surface area contributed by atoms with Gasteiger partial charge in [-0.3, -0.25) is 0 Å². The van der Waals surface area contributed by atoms with Crippen molar-refractivity contribution in [1.29, 1.82) is 0 Å². The van der Waals surface area contributed by atoms with Crippen molar-refractivity contribution in [2.24, 2.45) is 10.4 Å². The molecule has 4 nitrogen and oxygen atoms in total. The first kappa shape index (κ1) is 13.4. The van der Waals surface area contributed by atoms with E-state index < -0.39 is 0 Å². The van der Waals surface area contributed by atoms with Crippen LogP contribution in [0.2, 0.25) is 0 Å². The molecule has 0 bridgehead atoms. The molecular formula is C10H21NO3. The standard InChI is InChI=1S/C10H21NO3/c1-8(12-5)9(10(2,3)4)11-7-14-13-6/h7-9H,1-6H3/t8?,9-/m0/s1. The van der Waals surface area contributed by atoms with Crippen LogP contribution in [0.4, 0.5) is 0 Å².